The van der Waals surface area contributed by atoms with Crippen LogP contribution in [0.3, 0.4) is 0 Å². The molecule has 2 atom stereocenters. The Bertz CT molecular complexity index is 612. The lowest BCUT2D eigenvalue weighted by molar-refractivity contribution is -0.123. The zero-order chi connectivity index (χ0) is 14.7. The van der Waals surface area contributed by atoms with Crippen LogP contribution in [0.2, 0.25) is 0 Å². The summed E-state index contributed by atoms with van der Waals surface area (Å²) in [6.45, 7) is 3.60. The molecule has 0 saturated heterocycles. The quantitative estimate of drug-likeness (QED) is 0.912. The summed E-state index contributed by atoms with van der Waals surface area (Å²) >= 11 is 1.59. The van der Waals surface area contributed by atoms with Crippen LogP contribution in [0, 0.1) is 0 Å². The van der Waals surface area contributed by atoms with Crippen LogP contribution < -0.4 is 10.6 Å². The molecule has 1 aromatic heterocycles. The maximum absolute atomic E-state index is 12.7. The number of carbonyl (C=O) groups is 1. The lowest BCUT2D eigenvalue weighted by Gasteiger charge is -2.27. The molecule has 1 aromatic carbocycles. The van der Waals surface area contributed by atoms with Gasteiger partial charge in [0.05, 0.1) is 12.0 Å². The number of rotatable bonds is 4. The van der Waals surface area contributed by atoms with Gasteiger partial charge in [-0.25, -0.2) is 4.98 Å². The van der Waals surface area contributed by atoms with Crippen LogP contribution in [0.4, 0.5) is 0 Å². The third-order valence-corrected chi connectivity index (χ3v) is 4.77. The highest BCUT2D eigenvalue weighted by Gasteiger charge is 2.27. The first-order chi connectivity index (χ1) is 10.3. The molecule has 2 aromatic rings. The Balaban J connectivity index is 1.77. The molecule has 2 heterocycles. The fourth-order valence-corrected chi connectivity index (χ4v) is 3.52. The van der Waals surface area contributed by atoms with E-state index < -0.39 is 0 Å². The molecule has 2 N–H and O–H groups in total. The minimum absolute atomic E-state index is 0.00610. The number of carbonyl (C=O) groups excluding carboxylic acids is 1. The molecule has 110 valence electrons. The molecule has 1 amide bonds. The number of benzene rings is 1. The Morgan fingerprint density at radius 2 is 2.38 bits per heavy atom. The molecule has 21 heavy (non-hydrogen) atoms. The van der Waals surface area contributed by atoms with E-state index in [0.717, 1.165) is 23.5 Å². The third kappa shape index (κ3) is 2.99. The lowest BCUT2D eigenvalue weighted by Crippen LogP contribution is -2.40. The normalized spacial score (nSPS) is 18.8. The van der Waals surface area contributed by atoms with Crippen molar-refractivity contribution in [2.45, 2.75) is 31.8 Å². The molecule has 1 aliphatic rings. The third-order valence-electron chi connectivity index (χ3n) is 3.89. The van der Waals surface area contributed by atoms with Gasteiger partial charge in [0.15, 0.2) is 0 Å². The van der Waals surface area contributed by atoms with E-state index in [0.29, 0.717) is 6.54 Å². The number of thiazole rings is 1. The van der Waals surface area contributed by atoms with Crippen LogP contribution in [0.1, 0.15) is 41.4 Å². The average Bonchev–Trinajstić information content (AvgIpc) is 3.06. The summed E-state index contributed by atoms with van der Waals surface area (Å²) in [5.41, 5.74) is 2.36. The standard InChI is InChI=1S/C16H19N3OS/c1-2-14(16-18-7-8-21-16)19-15(20)13-10-17-9-11-5-3-4-6-12(11)13/h3-8,13-14,17H,2,9-10H2,1H3,(H,19,20). The summed E-state index contributed by atoms with van der Waals surface area (Å²) in [6, 6.07) is 8.17. The average molecular weight is 301 g/mol. The fraction of sp³-hybridized carbons (Fsp3) is 0.375. The number of hydrogen-bond acceptors (Lipinski definition) is 4. The Kier molecular flexibility index (Phi) is 4.31. The SMILES string of the molecule is CCC(NC(=O)C1CNCc2ccccc21)c1nccs1. The molecule has 0 aliphatic carbocycles. The van der Waals surface area contributed by atoms with Crippen molar-refractivity contribution in [2.75, 3.05) is 6.54 Å². The van der Waals surface area contributed by atoms with E-state index in [1.807, 2.05) is 17.5 Å². The summed E-state index contributed by atoms with van der Waals surface area (Å²) in [6.07, 6.45) is 2.63. The number of hydrogen-bond donors (Lipinski definition) is 2. The molecule has 0 bridgehead atoms. The number of amides is 1. The summed E-state index contributed by atoms with van der Waals surface area (Å²) in [5.74, 6) is -0.0411. The first-order valence-electron chi connectivity index (χ1n) is 7.28. The van der Waals surface area contributed by atoms with Gasteiger partial charge >= 0.3 is 0 Å². The van der Waals surface area contributed by atoms with Crippen LogP contribution in [-0.4, -0.2) is 17.4 Å². The molecule has 2 unspecified atom stereocenters. The second-order valence-electron chi connectivity index (χ2n) is 5.22. The van der Waals surface area contributed by atoms with Crippen LogP contribution in [0.25, 0.3) is 0 Å². The molecule has 0 spiro atoms. The molecular weight excluding hydrogens is 282 g/mol. The van der Waals surface area contributed by atoms with Crippen LogP contribution in [-0.2, 0) is 11.3 Å². The number of nitrogens with one attached hydrogen (secondary N) is 2. The molecular formula is C16H19N3OS. The van der Waals surface area contributed by atoms with Crippen molar-refractivity contribution in [1.82, 2.24) is 15.6 Å². The van der Waals surface area contributed by atoms with Gasteiger partial charge in [0.2, 0.25) is 5.91 Å². The van der Waals surface area contributed by atoms with Gasteiger partial charge < -0.3 is 10.6 Å². The van der Waals surface area contributed by atoms with Crippen molar-refractivity contribution in [2.24, 2.45) is 0 Å². The Morgan fingerprint density at radius 1 is 1.52 bits per heavy atom. The molecule has 0 radical (unpaired) electrons. The van der Waals surface area contributed by atoms with Crippen molar-refractivity contribution in [1.29, 1.82) is 0 Å². The van der Waals surface area contributed by atoms with Crippen molar-refractivity contribution in [3.05, 3.63) is 52.0 Å². The van der Waals surface area contributed by atoms with Gasteiger partial charge in [-0.1, -0.05) is 31.2 Å². The van der Waals surface area contributed by atoms with Gasteiger partial charge in [0, 0.05) is 24.7 Å². The molecule has 3 rings (SSSR count). The van der Waals surface area contributed by atoms with Crippen LogP contribution in [0.5, 0.6) is 0 Å². The van der Waals surface area contributed by atoms with Gasteiger partial charge in [0.25, 0.3) is 0 Å². The minimum Gasteiger partial charge on any atom is -0.346 e. The first-order valence-corrected chi connectivity index (χ1v) is 8.16. The van der Waals surface area contributed by atoms with Crippen LogP contribution in [0.15, 0.2) is 35.8 Å². The molecule has 5 heteroatoms. The topological polar surface area (TPSA) is 54.0 Å². The zero-order valence-electron chi connectivity index (χ0n) is 12.0. The van der Waals surface area contributed by atoms with E-state index in [4.69, 9.17) is 0 Å². The summed E-state index contributed by atoms with van der Waals surface area (Å²) < 4.78 is 0. The first kappa shape index (κ1) is 14.2. The van der Waals surface area contributed by atoms with E-state index >= 15 is 0 Å². The predicted octanol–water partition coefficient (Wildman–Crippen LogP) is 2.60. The van der Waals surface area contributed by atoms with Gasteiger partial charge in [-0.05, 0) is 17.5 Å². The van der Waals surface area contributed by atoms with Gasteiger partial charge in [-0.15, -0.1) is 11.3 Å². The molecule has 0 fully saturated rings. The Hall–Kier alpha value is -1.72. The molecule has 4 nitrogen and oxygen atoms in total. The maximum atomic E-state index is 12.7. The monoisotopic (exact) mass is 301 g/mol. The van der Waals surface area contributed by atoms with Crippen molar-refractivity contribution in [3.63, 3.8) is 0 Å². The van der Waals surface area contributed by atoms with Gasteiger partial charge in [-0.2, -0.15) is 0 Å². The minimum atomic E-state index is -0.121. The number of aromatic nitrogens is 1. The fourth-order valence-electron chi connectivity index (χ4n) is 2.75. The van der Waals surface area contributed by atoms with Crippen molar-refractivity contribution < 1.29 is 4.79 Å². The van der Waals surface area contributed by atoms with Gasteiger partial charge in [-0.3, -0.25) is 4.79 Å². The highest BCUT2D eigenvalue weighted by Crippen LogP contribution is 2.26. The summed E-state index contributed by atoms with van der Waals surface area (Å²) in [4.78, 5) is 17.0. The highest BCUT2D eigenvalue weighted by atomic mass is 32.1. The van der Waals surface area contributed by atoms with Crippen molar-refractivity contribution in [3.8, 4) is 0 Å². The number of nitrogens with zero attached hydrogens (tertiary/aromatic N) is 1. The maximum Gasteiger partial charge on any atom is 0.229 e. The molecule has 0 saturated carbocycles. The van der Waals surface area contributed by atoms with E-state index in [1.165, 1.54) is 5.56 Å². The summed E-state index contributed by atoms with van der Waals surface area (Å²) in [7, 11) is 0. The second-order valence-corrected chi connectivity index (χ2v) is 6.15. The van der Waals surface area contributed by atoms with E-state index in [-0.39, 0.29) is 17.9 Å². The molecule has 1 aliphatic heterocycles. The smallest absolute Gasteiger partial charge is 0.229 e. The number of fused-ring (bicyclic) bond motifs is 1. The second kappa shape index (κ2) is 6.37. The Labute approximate surface area is 128 Å². The van der Waals surface area contributed by atoms with Crippen molar-refractivity contribution >= 4 is 17.2 Å². The highest BCUT2D eigenvalue weighted by molar-refractivity contribution is 7.09. The van der Waals surface area contributed by atoms with Gasteiger partial charge in [0.1, 0.15) is 5.01 Å². The van der Waals surface area contributed by atoms with E-state index in [2.05, 4.69) is 34.7 Å². The van der Waals surface area contributed by atoms with E-state index in [1.54, 1.807) is 17.5 Å². The largest absolute Gasteiger partial charge is 0.346 e. The van der Waals surface area contributed by atoms with E-state index in [9.17, 15) is 4.79 Å². The predicted molar refractivity (Wildman–Crippen MR) is 84.2 cm³/mol. The summed E-state index contributed by atoms with van der Waals surface area (Å²) in [5, 5.41) is 9.39. The Morgan fingerprint density at radius 3 is 3.14 bits per heavy atom. The lowest BCUT2D eigenvalue weighted by atomic mass is 9.90. The van der Waals surface area contributed by atoms with Crippen LogP contribution >= 0.6 is 11.3 Å². The zero-order valence-corrected chi connectivity index (χ0v) is 12.8.